The molecule has 148 valence electrons. The zero-order chi connectivity index (χ0) is 20.8. The van der Waals surface area contributed by atoms with E-state index in [1.807, 2.05) is 30.3 Å². The Morgan fingerprint density at radius 1 is 1.00 bits per heavy atom. The van der Waals surface area contributed by atoms with Crippen LogP contribution in [0, 0.1) is 0 Å². The molecule has 2 aromatic carbocycles. The fourth-order valence-electron chi connectivity index (χ4n) is 2.52. The summed E-state index contributed by atoms with van der Waals surface area (Å²) in [6.45, 7) is -0.162. The first-order valence-electron chi connectivity index (χ1n) is 8.63. The Balaban J connectivity index is 1.71. The molecule has 29 heavy (non-hydrogen) atoms. The molecule has 0 spiro atoms. The van der Waals surface area contributed by atoms with Gasteiger partial charge in [0, 0.05) is 18.1 Å². The predicted molar refractivity (Wildman–Crippen MR) is 117 cm³/mol. The van der Waals surface area contributed by atoms with Crippen LogP contribution in [0.3, 0.4) is 0 Å². The molecule has 0 fully saturated rings. The highest BCUT2D eigenvalue weighted by atomic mass is 35.5. The normalized spacial score (nSPS) is 10.4. The van der Waals surface area contributed by atoms with E-state index < -0.39 is 5.91 Å². The van der Waals surface area contributed by atoms with Crippen molar-refractivity contribution in [3.8, 4) is 0 Å². The maximum Gasteiger partial charge on any atom is 0.256 e. The Hall–Kier alpha value is -2.54. The smallest absolute Gasteiger partial charge is 0.256 e. The molecule has 0 atom stereocenters. The minimum Gasteiger partial charge on any atom is -0.332 e. The van der Waals surface area contributed by atoms with Gasteiger partial charge in [-0.2, -0.15) is 0 Å². The van der Waals surface area contributed by atoms with Gasteiger partial charge in [0.2, 0.25) is 5.91 Å². The van der Waals surface area contributed by atoms with Crippen LogP contribution in [0.5, 0.6) is 0 Å². The number of para-hydroxylation sites is 1. The minimum absolute atomic E-state index is 0.162. The number of pyridine rings is 1. The van der Waals surface area contributed by atoms with E-state index in [9.17, 15) is 9.59 Å². The molecule has 1 N–H and O–H groups in total. The molecule has 3 rings (SSSR count). The van der Waals surface area contributed by atoms with E-state index in [1.165, 1.54) is 16.7 Å². The van der Waals surface area contributed by atoms with Crippen LogP contribution >= 0.6 is 35.0 Å². The Labute approximate surface area is 183 Å². The Kier molecular flexibility index (Phi) is 7.14. The van der Waals surface area contributed by atoms with Crippen molar-refractivity contribution >= 4 is 52.5 Å². The van der Waals surface area contributed by atoms with Gasteiger partial charge in [0.25, 0.3) is 5.91 Å². The van der Waals surface area contributed by atoms with Gasteiger partial charge in [-0.3, -0.25) is 9.59 Å². The Bertz CT molecular complexity index is 1010. The summed E-state index contributed by atoms with van der Waals surface area (Å²) in [7, 11) is 1.56. The molecule has 0 aliphatic carbocycles. The van der Waals surface area contributed by atoms with Crippen molar-refractivity contribution in [1.82, 2.24) is 9.88 Å². The number of hydrogen-bond donors (Lipinski definition) is 1. The van der Waals surface area contributed by atoms with Gasteiger partial charge in [0.05, 0.1) is 27.8 Å². The molecule has 0 aliphatic rings. The summed E-state index contributed by atoms with van der Waals surface area (Å²) in [6, 6.07) is 18.0. The van der Waals surface area contributed by atoms with Crippen LogP contribution in [0.25, 0.3) is 0 Å². The minimum atomic E-state index is -0.406. The van der Waals surface area contributed by atoms with Crippen LogP contribution in [-0.4, -0.2) is 35.3 Å². The van der Waals surface area contributed by atoms with Gasteiger partial charge in [0.1, 0.15) is 5.03 Å². The van der Waals surface area contributed by atoms with Crippen LogP contribution in [0.15, 0.2) is 76.8 Å². The highest BCUT2D eigenvalue weighted by Crippen LogP contribution is 2.30. The number of likely N-dealkylation sites (N-methyl/N-ethyl adjacent to an activating group) is 1. The fourth-order valence-corrected chi connectivity index (χ4v) is 3.91. The molecule has 1 heterocycles. The monoisotopic (exact) mass is 445 g/mol. The molecular formula is C21H17Cl2N3O2S. The number of hydrogen-bond acceptors (Lipinski definition) is 4. The molecule has 1 aromatic heterocycles. The van der Waals surface area contributed by atoms with Gasteiger partial charge in [-0.05, 0) is 36.4 Å². The van der Waals surface area contributed by atoms with Crippen LogP contribution < -0.4 is 5.32 Å². The molecule has 0 saturated carbocycles. The van der Waals surface area contributed by atoms with Crippen molar-refractivity contribution in [2.24, 2.45) is 0 Å². The summed E-state index contributed by atoms with van der Waals surface area (Å²) < 4.78 is 0. The van der Waals surface area contributed by atoms with E-state index >= 15 is 0 Å². The van der Waals surface area contributed by atoms with E-state index in [2.05, 4.69) is 10.3 Å². The molecule has 0 unspecified atom stereocenters. The first-order chi connectivity index (χ1) is 14.0. The van der Waals surface area contributed by atoms with E-state index in [0.29, 0.717) is 26.3 Å². The summed E-state index contributed by atoms with van der Waals surface area (Å²) in [6.07, 6.45) is 1.63. The topological polar surface area (TPSA) is 62.3 Å². The number of carbonyl (C=O) groups is 2. The van der Waals surface area contributed by atoms with Crippen molar-refractivity contribution in [2.45, 2.75) is 9.92 Å². The number of benzene rings is 2. The van der Waals surface area contributed by atoms with Crippen molar-refractivity contribution in [3.63, 3.8) is 0 Å². The average molecular weight is 446 g/mol. The van der Waals surface area contributed by atoms with Crippen molar-refractivity contribution in [3.05, 3.63) is 82.5 Å². The Morgan fingerprint density at radius 3 is 2.38 bits per heavy atom. The maximum absolute atomic E-state index is 12.9. The fraction of sp³-hybridized carbons (Fsp3) is 0.0952. The second-order valence-corrected chi connectivity index (χ2v) is 7.95. The zero-order valence-electron chi connectivity index (χ0n) is 15.4. The van der Waals surface area contributed by atoms with E-state index in [4.69, 9.17) is 23.2 Å². The summed E-state index contributed by atoms with van der Waals surface area (Å²) in [5.41, 5.74) is 0.746. The third-order valence-electron chi connectivity index (χ3n) is 3.91. The SMILES string of the molecule is CN(CC(=O)Nc1c(Cl)cccc1Cl)C(=O)c1cccnc1Sc1ccccc1. The highest BCUT2D eigenvalue weighted by Gasteiger charge is 2.20. The average Bonchev–Trinajstić information content (AvgIpc) is 2.71. The summed E-state index contributed by atoms with van der Waals surface area (Å²) >= 11 is 13.5. The Morgan fingerprint density at radius 2 is 1.69 bits per heavy atom. The van der Waals surface area contributed by atoms with Gasteiger partial charge in [-0.15, -0.1) is 0 Å². The summed E-state index contributed by atoms with van der Waals surface area (Å²) in [5.74, 6) is -0.714. The van der Waals surface area contributed by atoms with Crippen LogP contribution in [0.2, 0.25) is 10.0 Å². The molecule has 0 bridgehead atoms. The van der Waals surface area contributed by atoms with Crippen molar-refractivity contribution in [2.75, 3.05) is 18.9 Å². The lowest BCUT2D eigenvalue weighted by Crippen LogP contribution is -2.35. The molecule has 2 amide bonds. The third kappa shape index (κ3) is 5.50. The lowest BCUT2D eigenvalue weighted by Gasteiger charge is -2.18. The van der Waals surface area contributed by atoms with Gasteiger partial charge < -0.3 is 10.2 Å². The molecule has 3 aromatic rings. The lowest BCUT2D eigenvalue weighted by atomic mass is 10.2. The van der Waals surface area contributed by atoms with Crippen LogP contribution in [-0.2, 0) is 4.79 Å². The standard InChI is InChI=1S/C21H17Cl2N3O2S/c1-26(13-18(27)25-19-16(22)10-5-11-17(19)23)21(28)15-9-6-12-24-20(15)29-14-7-3-2-4-8-14/h2-12H,13H2,1H3,(H,25,27). The van der Waals surface area contributed by atoms with Crippen molar-refractivity contribution < 1.29 is 9.59 Å². The number of aromatic nitrogens is 1. The molecule has 5 nitrogen and oxygen atoms in total. The molecule has 0 radical (unpaired) electrons. The largest absolute Gasteiger partial charge is 0.332 e. The summed E-state index contributed by atoms with van der Waals surface area (Å²) in [5, 5.41) is 3.88. The molecule has 8 heteroatoms. The van der Waals surface area contributed by atoms with E-state index in [1.54, 1.807) is 43.6 Å². The number of nitrogens with one attached hydrogen (secondary N) is 1. The summed E-state index contributed by atoms with van der Waals surface area (Å²) in [4.78, 5) is 31.9. The number of rotatable bonds is 6. The van der Waals surface area contributed by atoms with Crippen LogP contribution in [0.1, 0.15) is 10.4 Å². The highest BCUT2D eigenvalue weighted by molar-refractivity contribution is 7.99. The van der Waals surface area contributed by atoms with Gasteiger partial charge >= 0.3 is 0 Å². The predicted octanol–water partition coefficient (Wildman–Crippen LogP) is 5.25. The molecular weight excluding hydrogens is 429 g/mol. The number of carbonyl (C=O) groups excluding carboxylic acids is 2. The third-order valence-corrected chi connectivity index (χ3v) is 5.57. The number of halogens is 2. The first kappa shape index (κ1) is 21.2. The molecule has 0 aliphatic heterocycles. The van der Waals surface area contributed by atoms with Crippen molar-refractivity contribution in [1.29, 1.82) is 0 Å². The number of amides is 2. The number of anilines is 1. The second kappa shape index (κ2) is 9.78. The van der Waals surface area contributed by atoms with Crippen LogP contribution in [0.4, 0.5) is 5.69 Å². The maximum atomic E-state index is 12.9. The van der Waals surface area contributed by atoms with E-state index in [0.717, 1.165) is 4.90 Å². The van der Waals surface area contributed by atoms with Gasteiger partial charge in [0.15, 0.2) is 0 Å². The van der Waals surface area contributed by atoms with Gasteiger partial charge in [-0.25, -0.2) is 4.98 Å². The zero-order valence-corrected chi connectivity index (χ0v) is 17.8. The van der Waals surface area contributed by atoms with Gasteiger partial charge in [-0.1, -0.05) is 59.2 Å². The quantitative estimate of drug-likeness (QED) is 0.562. The first-order valence-corrected chi connectivity index (χ1v) is 10.2. The number of nitrogens with zero attached hydrogens (tertiary/aromatic N) is 2. The second-order valence-electron chi connectivity index (χ2n) is 6.08. The molecule has 0 saturated heterocycles. The lowest BCUT2D eigenvalue weighted by molar-refractivity contribution is -0.116. The van der Waals surface area contributed by atoms with E-state index in [-0.39, 0.29) is 12.5 Å².